The minimum absolute atomic E-state index is 0.0381. The molecule has 0 saturated carbocycles. The molecule has 0 N–H and O–H groups in total. The normalized spacial score (nSPS) is 13.4. The fraction of sp³-hybridized carbons (Fsp3) is 0.875. The lowest BCUT2D eigenvalue weighted by Gasteiger charge is -2.19. The number of thiol groups is 1. The number of ether oxygens (including phenoxy) is 2. The fourth-order valence-electron chi connectivity index (χ4n) is 0.898. The zero-order valence-electron chi connectivity index (χ0n) is 7.74. The molecule has 0 aromatic heterocycles. The minimum Gasteiger partial charge on any atom is -0.355 e. The van der Waals surface area contributed by atoms with E-state index in [-0.39, 0.29) is 17.3 Å². The van der Waals surface area contributed by atoms with Gasteiger partial charge in [0.25, 0.3) is 0 Å². The first-order chi connectivity index (χ1) is 5.61. The van der Waals surface area contributed by atoms with Crippen LogP contribution in [0.4, 0.5) is 0 Å². The van der Waals surface area contributed by atoms with Gasteiger partial charge in [0.15, 0.2) is 6.29 Å². The first kappa shape index (κ1) is 11.9. The van der Waals surface area contributed by atoms with Gasteiger partial charge in [0.1, 0.15) is 5.78 Å². The molecule has 0 rings (SSSR count). The van der Waals surface area contributed by atoms with Gasteiger partial charge in [0.2, 0.25) is 0 Å². The van der Waals surface area contributed by atoms with Crippen molar-refractivity contribution in [3.05, 3.63) is 0 Å². The van der Waals surface area contributed by atoms with Crippen LogP contribution in [-0.2, 0) is 14.3 Å². The van der Waals surface area contributed by atoms with Crippen molar-refractivity contribution in [2.45, 2.75) is 31.3 Å². The van der Waals surface area contributed by atoms with Crippen molar-refractivity contribution in [2.75, 3.05) is 14.2 Å². The van der Waals surface area contributed by atoms with Gasteiger partial charge in [-0.05, 0) is 13.3 Å². The van der Waals surface area contributed by atoms with Gasteiger partial charge in [0.05, 0.1) is 5.25 Å². The summed E-state index contributed by atoms with van der Waals surface area (Å²) in [7, 11) is 3.12. The second-order valence-corrected chi connectivity index (χ2v) is 3.31. The van der Waals surface area contributed by atoms with E-state index in [0.29, 0.717) is 12.8 Å². The average molecular weight is 192 g/mol. The number of rotatable bonds is 6. The van der Waals surface area contributed by atoms with Crippen LogP contribution in [-0.4, -0.2) is 31.5 Å². The highest BCUT2D eigenvalue weighted by Gasteiger charge is 2.16. The summed E-state index contributed by atoms with van der Waals surface area (Å²) in [5, 5.41) is -0.0381. The molecule has 0 amide bonds. The van der Waals surface area contributed by atoms with Gasteiger partial charge in [0, 0.05) is 20.6 Å². The third-order valence-corrected chi connectivity index (χ3v) is 2.07. The van der Waals surface area contributed by atoms with E-state index in [1.807, 2.05) is 0 Å². The molecule has 12 heavy (non-hydrogen) atoms. The Morgan fingerprint density at radius 1 is 1.42 bits per heavy atom. The lowest BCUT2D eigenvalue weighted by molar-refractivity contribution is -0.118. The lowest BCUT2D eigenvalue weighted by Crippen LogP contribution is -2.25. The summed E-state index contributed by atoms with van der Waals surface area (Å²) < 4.78 is 9.97. The molecule has 0 fully saturated rings. The topological polar surface area (TPSA) is 35.5 Å². The molecule has 0 bridgehead atoms. The van der Waals surface area contributed by atoms with Gasteiger partial charge >= 0.3 is 0 Å². The van der Waals surface area contributed by atoms with Crippen molar-refractivity contribution in [3.63, 3.8) is 0 Å². The van der Waals surface area contributed by atoms with Crippen molar-refractivity contribution in [3.8, 4) is 0 Å². The fourth-order valence-corrected chi connectivity index (χ4v) is 1.27. The monoisotopic (exact) mass is 192 g/mol. The molecule has 3 nitrogen and oxygen atoms in total. The maximum absolute atomic E-state index is 10.6. The summed E-state index contributed by atoms with van der Waals surface area (Å²) in [6.45, 7) is 1.56. The van der Waals surface area contributed by atoms with Crippen LogP contribution in [0.1, 0.15) is 19.8 Å². The average Bonchev–Trinajstić information content (AvgIpc) is 2.03. The minimum atomic E-state index is -0.326. The summed E-state index contributed by atoms with van der Waals surface area (Å²) in [5.74, 6) is 0.167. The Labute approximate surface area is 78.8 Å². The summed E-state index contributed by atoms with van der Waals surface area (Å²) in [5.41, 5.74) is 0. The van der Waals surface area contributed by atoms with E-state index in [0.717, 1.165) is 0 Å². The van der Waals surface area contributed by atoms with Crippen LogP contribution >= 0.6 is 12.6 Å². The van der Waals surface area contributed by atoms with Gasteiger partial charge < -0.3 is 14.3 Å². The van der Waals surface area contributed by atoms with Crippen molar-refractivity contribution in [1.82, 2.24) is 0 Å². The Morgan fingerprint density at radius 3 is 2.25 bits per heavy atom. The Morgan fingerprint density at radius 2 is 1.92 bits per heavy atom. The highest BCUT2D eigenvalue weighted by Crippen LogP contribution is 2.13. The smallest absolute Gasteiger partial charge is 0.168 e. The molecule has 0 aliphatic heterocycles. The standard InChI is InChI=1S/C8H16O3S/c1-6(9)4-5-7(12)8(10-2)11-3/h7-8,12H,4-5H2,1-3H3. The zero-order chi connectivity index (χ0) is 9.56. The van der Waals surface area contributed by atoms with Gasteiger partial charge in [-0.2, -0.15) is 12.6 Å². The SMILES string of the molecule is COC(OC)C(S)CCC(C)=O. The summed E-state index contributed by atoms with van der Waals surface area (Å²) in [6.07, 6.45) is 0.884. The molecule has 0 radical (unpaired) electrons. The van der Waals surface area contributed by atoms with Gasteiger partial charge in [-0.15, -0.1) is 0 Å². The van der Waals surface area contributed by atoms with Crippen LogP contribution in [0.15, 0.2) is 0 Å². The van der Waals surface area contributed by atoms with Gasteiger partial charge in [-0.1, -0.05) is 0 Å². The van der Waals surface area contributed by atoms with Crippen LogP contribution in [0, 0.1) is 0 Å². The maximum atomic E-state index is 10.6. The molecule has 0 aromatic carbocycles. The maximum Gasteiger partial charge on any atom is 0.168 e. The Kier molecular flexibility index (Phi) is 6.42. The van der Waals surface area contributed by atoms with E-state index in [4.69, 9.17) is 9.47 Å². The molecule has 0 heterocycles. The predicted molar refractivity (Wildman–Crippen MR) is 50.5 cm³/mol. The van der Waals surface area contributed by atoms with Crippen molar-refractivity contribution < 1.29 is 14.3 Å². The van der Waals surface area contributed by atoms with Crippen LogP contribution < -0.4 is 0 Å². The number of Topliss-reactive ketones (excluding diaryl/α,β-unsaturated/α-hetero) is 1. The molecule has 72 valence electrons. The quantitative estimate of drug-likeness (QED) is 0.508. The number of carbonyl (C=O) groups excluding carboxylic acids is 1. The van der Waals surface area contributed by atoms with E-state index in [1.165, 1.54) is 0 Å². The molecule has 0 saturated heterocycles. The molecule has 0 aliphatic rings. The lowest BCUT2D eigenvalue weighted by atomic mass is 10.2. The second kappa shape index (κ2) is 6.46. The van der Waals surface area contributed by atoms with E-state index in [2.05, 4.69) is 12.6 Å². The van der Waals surface area contributed by atoms with Gasteiger partial charge in [-0.25, -0.2) is 0 Å². The number of hydrogen-bond donors (Lipinski definition) is 1. The first-order valence-corrected chi connectivity index (χ1v) is 4.36. The van der Waals surface area contributed by atoms with Crippen molar-refractivity contribution in [2.24, 2.45) is 0 Å². The molecule has 0 aliphatic carbocycles. The first-order valence-electron chi connectivity index (χ1n) is 3.85. The van der Waals surface area contributed by atoms with Crippen LogP contribution in [0.5, 0.6) is 0 Å². The molecule has 4 heteroatoms. The third-order valence-electron chi connectivity index (χ3n) is 1.57. The van der Waals surface area contributed by atoms with E-state index in [1.54, 1.807) is 21.1 Å². The van der Waals surface area contributed by atoms with Gasteiger partial charge in [-0.3, -0.25) is 0 Å². The van der Waals surface area contributed by atoms with Crippen LogP contribution in [0.3, 0.4) is 0 Å². The Bertz CT molecular complexity index is 134. The summed E-state index contributed by atoms with van der Waals surface area (Å²) >= 11 is 4.26. The Hall–Kier alpha value is -0.0600. The molecule has 0 spiro atoms. The van der Waals surface area contributed by atoms with Crippen LogP contribution in [0.25, 0.3) is 0 Å². The number of ketones is 1. The molecular weight excluding hydrogens is 176 g/mol. The Balaban J connectivity index is 3.68. The van der Waals surface area contributed by atoms with Crippen molar-refractivity contribution >= 4 is 18.4 Å². The predicted octanol–water partition coefficient (Wildman–Crippen LogP) is 1.27. The van der Waals surface area contributed by atoms with Crippen molar-refractivity contribution in [1.29, 1.82) is 0 Å². The molecular formula is C8H16O3S. The molecule has 1 unspecified atom stereocenters. The largest absolute Gasteiger partial charge is 0.355 e. The van der Waals surface area contributed by atoms with E-state index in [9.17, 15) is 4.79 Å². The summed E-state index contributed by atoms with van der Waals surface area (Å²) in [6, 6.07) is 0. The third kappa shape index (κ3) is 4.74. The van der Waals surface area contributed by atoms with E-state index >= 15 is 0 Å². The number of carbonyl (C=O) groups is 1. The number of methoxy groups -OCH3 is 2. The summed E-state index contributed by atoms with van der Waals surface area (Å²) in [4.78, 5) is 10.6. The molecule has 0 aromatic rings. The highest BCUT2D eigenvalue weighted by molar-refractivity contribution is 7.81. The van der Waals surface area contributed by atoms with E-state index < -0.39 is 0 Å². The highest BCUT2D eigenvalue weighted by atomic mass is 32.1. The second-order valence-electron chi connectivity index (χ2n) is 2.65. The molecule has 1 atom stereocenters. The zero-order valence-corrected chi connectivity index (χ0v) is 8.64. The number of hydrogen-bond acceptors (Lipinski definition) is 4. The van der Waals surface area contributed by atoms with Crippen LogP contribution in [0.2, 0.25) is 0 Å².